The summed E-state index contributed by atoms with van der Waals surface area (Å²) in [6.45, 7) is 0. The molecule has 4 nitrogen and oxygen atoms in total. The number of pyridine rings is 1. The van der Waals surface area contributed by atoms with Crippen LogP contribution in [0.4, 0.5) is 13.2 Å². The molecule has 0 N–H and O–H groups in total. The lowest BCUT2D eigenvalue weighted by Gasteiger charge is -2.12. The average molecular weight is 388 g/mol. The third kappa shape index (κ3) is 3.40. The maximum Gasteiger partial charge on any atom is 0.534 e. The minimum atomic E-state index is -5.81. The Labute approximate surface area is 146 Å². The summed E-state index contributed by atoms with van der Waals surface area (Å²) in [6.07, 6.45) is 1.58. The lowest BCUT2D eigenvalue weighted by Crippen LogP contribution is -2.28. The summed E-state index contributed by atoms with van der Waals surface area (Å²) in [7, 11) is -5.81. The van der Waals surface area contributed by atoms with Crippen molar-refractivity contribution in [2.75, 3.05) is 0 Å². The van der Waals surface area contributed by atoms with Crippen molar-refractivity contribution in [1.82, 2.24) is 4.98 Å². The van der Waals surface area contributed by atoms with Gasteiger partial charge in [-0.25, -0.2) is 0 Å². The Morgan fingerprint density at radius 3 is 2.32 bits per heavy atom. The molecule has 25 heavy (non-hydrogen) atoms. The molecule has 2 aromatic carbocycles. The van der Waals surface area contributed by atoms with Crippen LogP contribution in [0.25, 0.3) is 22.0 Å². The van der Waals surface area contributed by atoms with Crippen LogP contribution in [-0.4, -0.2) is 18.9 Å². The van der Waals surface area contributed by atoms with E-state index in [-0.39, 0.29) is 10.4 Å². The molecule has 1 aromatic heterocycles. The Bertz CT molecular complexity index is 1040. The Balaban J connectivity index is 2.10. The van der Waals surface area contributed by atoms with Gasteiger partial charge in [0.1, 0.15) is 0 Å². The fourth-order valence-electron chi connectivity index (χ4n) is 2.16. The van der Waals surface area contributed by atoms with E-state index in [4.69, 9.17) is 11.6 Å². The van der Waals surface area contributed by atoms with Crippen molar-refractivity contribution in [2.45, 2.75) is 5.51 Å². The van der Waals surface area contributed by atoms with Crippen molar-refractivity contribution < 1.29 is 25.8 Å². The van der Waals surface area contributed by atoms with Crippen LogP contribution in [0.15, 0.2) is 54.7 Å². The lowest BCUT2D eigenvalue weighted by atomic mass is 10.1. The highest BCUT2D eigenvalue weighted by Crippen LogP contribution is 2.37. The molecule has 0 aliphatic rings. The number of hydrogen-bond acceptors (Lipinski definition) is 4. The van der Waals surface area contributed by atoms with Gasteiger partial charge in [-0.15, -0.1) is 0 Å². The van der Waals surface area contributed by atoms with Crippen LogP contribution in [0.2, 0.25) is 5.02 Å². The van der Waals surface area contributed by atoms with Crippen molar-refractivity contribution in [1.29, 1.82) is 0 Å². The first-order valence-electron chi connectivity index (χ1n) is 6.83. The van der Waals surface area contributed by atoms with Crippen molar-refractivity contribution >= 4 is 32.6 Å². The minimum absolute atomic E-state index is 0.268. The molecule has 0 spiro atoms. The number of rotatable bonds is 3. The summed E-state index contributed by atoms with van der Waals surface area (Å²) in [5.74, 6) is -0.612. The van der Waals surface area contributed by atoms with Crippen molar-refractivity contribution in [3.63, 3.8) is 0 Å². The maximum atomic E-state index is 12.5. The molecule has 1 heterocycles. The number of nitrogens with zero attached hydrogens (tertiary/aromatic N) is 1. The van der Waals surface area contributed by atoms with Crippen LogP contribution >= 0.6 is 11.6 Å². The molecule has 0 atom stereocenters. The molecule has 0 saturated carbocycles. The molecule has 0 radical (unpaired) electrons. The Kier molecular flexibility index (Phi) is 4.34. The van der Waals surface area contributed by atoms with E-state index in [9.17, 15) is 21.6 Å². The number of fused-ring (bicyclic) bond motifs is 1. The van der Waals surface area contributed by atoms with Gasteiger partial charge in [-0.2, -0.15) is 21.6 Å². The summed E-state index contributed by atoms with van der Waals surface area (Å²) in [6, 6.07) is 13.1. The van der Waals surface area contributed by atoms with Crippen molar-refractivity contribution in [3.05, 3.63) is 59.8 Å². The van der Waals surface area contributed by atoms with Gasteiger partial charge >= 0.3 is 15.6 Å². The Morgan fingerprint density at radius 2 is 1.68 bits per heavy atom. The predicted molar refractivity (Wildman–Crippen MR) is 87.8 cm³/mol. The number of halogens is 4. The normalized spacial score (nSPS) is 12.3. The predicted octanol–water partition coefficient (Wildman–Crippen LogP) is 4.78. The highest BCUT2D eigenvalue weighted by molar-refractivity contribution is 7.88. The second kappa shape index (κ2) is 6.20. The van der Waals surface area contributed by atoms with Gasteiger partial charge in [0.15, 0.2) is 5.75 Å². The summed E-state index contributed by atoms with van der Waals surface area (Å²) >= 11 is 6.06. The average Bonchev–Trinajstić information content (AvgIpc) is 2.57. The number of alkyl halides is 3. The number of benzene rings is 2. The second-order valence-corrected chi connectivity index (χ2v) is 6.93. The SMILES string of the molecule is O=S(=O)(Oc1ccc2ncc(-c3ccccc3)cc2c1Cl)C(F)(F)F. The van der Waals surface area contributed by atoms with E-state index in [1.54, 1.807) is 12.3 Å². The summed E-state index contributed by atoms with van der Waals surface area (Å²) in [5, 5.41) is 0.00787. The van der Waals surface area contributed by atoms with E-state index in [0.717, 1.165) is 11.6 Å². The molecule has 0 saturated heterocycles. The van der Waals surface area contributed by atoms with Gasteiger partial charge in [0.2, 0.25) is 0 Å². The van der Waals surface area contributed by atoms with Gasteiger partial charge in [0.25, 0.3) is 0 Å². The van der Waals surface area contributed by atoms with E-state index in [1.807, 2.05) is 30.3 Å². The fourth-order valence-corrected chi connectivity index (χ4v) is 2.93. The van der Waals surface area contributed by atoms with E-state index in [2.05, 4.69) is 9.17 Å². The van der Waals surface area contributed by atoms with E-state index >= 15 is 0 Å². The number of hydrogen-bond donors (Lipinski definition) is 0. The third-order valence-corrected chi connectivity index (χ3v) is 4.71. The zero-order valence-corrected chi connectivity index (χ0v) is 13.9. The van der Waals surface area contributed by atoms with E-state index < -0.39 is 21.4 Å². The minimum Gasteiger partial charge on any atom is -0.374 e. The third-order valence-electron chi connectivity index (χ3n) is 3.35. The molecule has 9 heteroatoms. The molecule has 0 aliphatic carbocycles. The van der Waals surface area contributed by atoms with Gasteiger partial charge in [-0.3, -0.25) is 4.98 Å². The number of aromatic nitrogens is 1. The highest BCUT2D eigenvalue weighted by Gasteiger charge is 2.48. The maximum absolute atomic E-state index is 12.5. The van der Waals surface area contributed by atoms with Gasteiger partial charge in [0.05, 0.1) is 10.5 Å². The van der Waals surface area contributed by atoms with Crippen LogP contribution in [0.5, 0.6) is 5.75 Å². The van der Waals surface area contributed by atoms with Crippen LogP contribution in [0.1, 0.15) is 0 Å². The van der Waals surface area contributed by atoms with Crippen LogP contribution in [0.3, 0.4) is 0 Å². The zero-order chi connectivity index (χ0) is 18.2. The monoisotopic (exact) mass is 387 g/mol. The lowest BCUT2D eigenvalue weighted by molar-refractivity contribution is -0.0500. The topological polar surface area (TPSA) is 56.3 Å². The molecular formula is C16H9ClF3NO3S. The largest absolute Gasteiger partial charge is 0.534 e. The van der Waals surface area contributed by atoms with Crippen molar-refractivity contribution in [3.8, 4) is 16.9 Å². The quantitative estimate of drug-likeness (QED) is 0.479. The summed E-state index contributed by atoms with van der Waals surface area (Å²) in [5.41, 5.74) is -3.66. The standard InChI is InChI=1S/C16H9ClF3NO3S/c17-15-12-8-11(10-4-2-1-3-5-10)9-21-13(12)6-7-14(15)24-25(22,23)16(18,19)20/h1-9H. The van der Waals surface area contributed by atoms with Crippen LogP contribution in [-0.2, 0) is 10.1 Å². The van der Waals surface area contributed by atoms with E-state index in [0.29, 0.717) is 11.1 Å². The van der Waals surface area contributed by atoms with Crippen molar-refractivity contribution in [2.24, 2.45) is 0 Å². The Hall–Kier alpha value is -2.32. The molecule has 0 bridgehead atoms. The molecule has 0 amide bonds. The summed E-state index contributed by atoms with van der Waals surface area (Å²) < 4.78 is 63.9. The molecular weight excluding hydrogens is 379 g/mol. The first kappa shape index (κ1) is 17.5. The molecule has 0 unspecified atom stereocenters. The molecule has 0 fully saturated rings. The van der Waals surface area contributed by atoms with Crippen LogP contribution < -0.4 is 4.18 Å². The van der Waals surface area contributed by atoms with Crippen LogP contribution in [0, 0.1) is 0 Å². The van der Waals surface area contributed by atoms with Gasteiger partial charge in [0, 0.05) is 17.1 Å². The van der Waals surface area contributed by atoms with Gasteiger partial charge in [-0.05, 0) is 23.8 Å². The smallest absolute Gasteiger partial charge is 0.374 e. The fraction of sp³-hybridized carbons (Fsp3) is 0.0625. The second-order valence-electron chi connectivity index (χ2n) is 5.02. The molecule has 3 aromatic rings. The molecule has 3 rings (SSSR count). The first-order valence-corrected chi connectivity index (χ1v) is 8.62. The van der Waals surface area contributed by atoms with E-state index in [1.165, 1.54) is 6.07 Å². The zero-order valence-electron chi connectivity index (χ0n) is 12.3. The molecule has 0 aliphatic heterocycles. The highest BCUT2D eigenvalue weighted by atomic mass is 35.5. The van der Waals surface area contributed by atoms with Gasteiger partial charge < -0.3 is 4.18 Å². The first-order chi connectivity index (χ1) is 11.7. The van der Waals surface area contributed by atoms with Gasteiger partial charge in [-0.1, -0.05) is 41.9 Å². The Morgan fingerprint density at radius 1 is 1.00 bits per heavy atom. The molecule has 130 valence electrons. The summed E-state index contributed by atoms with van der Waals surface area (Å²) in [4.78, 5) is 4.19.